The van der Waals surface area contributed by atoms with Crippen molar-refractivity contribution in [3.63, 3.8) is 0 Å². The highest BCUT2D eigenvalue weighted by atomic mass is 32.1. The fraction of sp³-hybridized carbons (Fsp3) is 0.312. The zero-order chi connectivity index (χ0) is 16.5. The van der Waals surface area contributed by atoms with Crippen LogP contribution in [0.5, 0.6) is 0 Å². The van der Waals surface area contributed by atoms with Crippen LogP contribution in [0, 0.1) is 6.92 Å². The van der Waals surface area contributed by atoms with E-state index in [0.29, 0.717) is 34.7 Å². The summed E-state index contributed by atoms with van der Waals surface area (Å²) < 4.78 is 5.10. The van der Waals surface area contributed by atoms with Crippen molar-refractivity contribution in [1.82, 2.24) is 20.3 Å². The van der Waals surface area contributed by atoms with E-state index >= 15 is 0 Å². The van der Waals surface area contributed by atoms with Gasteiger partial charge in [-0.05, 0) is 37.5 Å². The van der Waals surface area contributed by atoms with E-state index in [0.717, 1.165) is 23.4 Å². The second kappa shape index (κ2) is 6.12. The SMILES string of the molecule is Cc1noc(Cc2ccc(NC(=O)c3nnc(C4CC4)s3)cc2)n1. The minimum absolute atomic E-state index is 0.223. The summed E-state index contributed by atoms with van der Waals surface area (Å²) in [5, 5.41) is 16.0. The third-order valence-corrected chi connectivity index (χ3v) is 4.78. The lowest BCUT2D eigenvalue weighted by Crippen LogP contribution is -2.11. The second-order valence-corrected chi connectivity index (χ2v) is 6.79. The first-order valence-electron chi connectivity index (χ1n) is 7.70. The molecule has 1 aliphatic carbocycles. The third-order valence-electron chi connectivity index (χ3n) is 3.70. The summed E-state index contributed by atoms with van der Waals surface area (Å²) in [7, 11) is 0. The lowest BCUT2D eigenvalue weighted by molar-refractivity contribution is 0.102. The van der Waals surface area contributed by atoms with Crippen LogP contribution in [0.1, 0.15) is 50.8 Å². The molecule has 7 nitrogen and oxygen atoms in total. The van der Waals surface area contributed by atoms with Gasteiger partial charge in [-0.25, -0.2) is 0 Å². The summed E-state index contributed by atoms with van der Waals surface area (Å²) >= 11 is 1.38. The fourth-order valence-electron chi connectivity index (χ4n) is 2.30. The van der Waals surface area contributed by atoms with Gasteiger partial charge in [-0.1, -0.05) is 28.6 Å². The summed E-state index contributed by atoms with van der Waals surface area (Å²) in [5.74, 6) is 1.48. The minimum Gasteiger partial charge on any atom is -0.339 e. The van der Waals surface area contributed by atoms with Crippen molar-refractivity contribution >= 4 is 22.9 Å². The smallest absolute Gasteiger partial charge is 0.286 e. The van der Waals surface area contributed by atoms with Crippen molar-refractivity contribution < 1.29 is 9.32 Å². The normalized spacial score (nSPS) is 13.9. The van der Waals surface area contributed by atoms with Crippen LogP contribution >= 0.6 is 11.3 Å². The molecule has 24 heavy (non-hydrogen) atoms. The van der Waals surface area contributed by atoms with E-state index in [-0.39, 0.29) is 5.91 Å². The van der Waals surface area contributed by atoms with Crippen LogP contribution in [0.2, 0.25) is 0 Å². The molecule has 1 N–H and O–H groups in total. The fourth-order valence-corrected chi connectivity index (χ4v) is 3.21. The van der Waals surface area contributed by atoms with Crippen LogP contribution in [-0.2, 0) is 6.42 Å². The number of aryl methyl sites for hydroxylation is 1. The van der Waals surface area contributed by atoms with Gasteiger partial charge in [0.15, 0.2) is 5.82 Å². The van der Waals surface area contributed by atoms with Gasteiger partial charge < -0.3 is 9.84 Å². The molecular weight excluding hydrogens is 326 g/mol. The maximum absolute atomic E-state index is 12.2. The molecule has 4 rings (SSSR count). The van der Waals surface area contributed by atoms with Gasteiger partial charge in [0.2, 0.25) is 10.9 Å². The topological polar surface area (TPSA) is 93.8 Å². The average molecular weight is 341 g/mol. The number of carbonyl (C=O) groups excluding carboxylic acids is 1. The standard InChI is InChI=1S/C16H15N5O2S/c1-9-17-13(23-21-9)8-10-2-6-12(7-3-10)18-14(22)16-20-19-15(24-16)11-4-5-11/h2-3,6-7,11H,4-5,8H2,1H3,(H,18,22). The first-order chi connectivity index (χ1) is 11.7. The molecule has 2 heterocycles. The van der Waals surface area contributed by atoms with E-state index in [4.69, 9.17) is 4.52 Å². The Balaban J connectivity index is 1.39. The highest BCUT2D eigenvalue weighted by Crippen LogP contribution is 2.41. The molecule has 0 bridgehead atoms. The van der Waals surface area contributed by atoms with Crippen molar-refractivity contribution in [2.75, 3.05) is 5.32 Å². The number of amides is 1. The van der Waals surface area contributed by atoms with Gasteiger partial charge in [0.25, 0.3) is 5.91 Å². The number of benzene rings is 1. The van der Waals surface area contributed by atoms with Crippen LogP contribution in [0.15, 0.2) is 28.8 Å². The Morgan fingerprint density at radius 1 is 1.29 bits per heavy atom. The molecule has 122 valence electrons. The Morgan fingerprint density at radius 2 is 2.08 bits per heavy atom. The molecule has 1 aromatic carbocycles. The lowest BCUT2D eigenvalue weighted by atomic mass is 10.1. The van der Waals surface area contributed by atoms with Gasteiger partial charge in [0.1, 0.15) is 5.01 Å². The van der Waals surface area contributed by atoms with E-state index in [1.165, 1.54) is 11.3 Å². The maximum Gasteiger partial charge on any atom is 0.286 e. The highest BCUT2D eigenvalue weighted by Gasteiger charge is 2.28. The second-order valence-electron chi connectivity index (χ2n) is 5.78. The van der Waals surface area contributed by atoms with Crippen LogP contribution in [0.25, 0.3) is 0 Å². The Bertz CT molecular complexity index is 867. The molecule has 0 radical (unpaired) electrons. The lowest BCUT2D eigenvalue weighted by Gasteiger charge is -2.03. The summed E-state index contributed by atoms with van der Waals surface area (Å²) in [6, 6.07) is 7.54. The Hall–Kier alpha value is -2.61. The van der Waals surface area contributed by atoms with Gasteiger partial charge in [-0.3, -0.25) is 4.79 Å². The zero-order valence-corrected chi connectivity index (χ0v) is 13.8. The highest BCUT2D eigenvalue weighted by molar-refractivity contribution is 7.13. The van der Waals surface area contributed by atoms with E-state index in [1.807, 2.05) is 24.3 Å². The van der Waals surface area contributed by atoms with Crippen LogP contribution in [0.4, 0.5) is 5.69 Å². The largest absolute Gasteiger partial charge is 0.339 e. The monoisotopic (exact) mass is 341 g/mol. The molecule has 0 atom stereocenters. The van der Waals surface area contributed by atoms with Gasteiger partial charge >= 0.3 is 0 Å². The van der Waals surface area contributed by atoms with Crippen molar-refractivity contribution in [3.05, 3.63) is 51.6 Å². The van der Waals surface area contributed by atoms with Gasteiger partial charge in [0, 0.05) is 11.6 Å². The molecule has 0 unspecified atom stereocenters. The van der Waals surface area contributed by atoms with Crippen LogP contribution < -0.4 is 5.32 Å². The van der Waals surface area contributed by atoms with Crippen LogP contribution in [0.3, 0.4) is 0 Å². The quantitative estimate of drug-likeness (QED) is 0.767. The molecule has 0 spiro atoms. The van der Waals surface area contributed by atoms with Crippen LogP contribution in [-0.4, -0.2) is 26.2 Å². The van der Waals surface area contributed by atoms with Crippen molar-refractivity contribution in [2.45, 2.75) is 32.1 Å². The Morgan fingerprint density at radius 3 is 2.75 bits per heavy atom. The van der Waals surface area contributed by atoms with E-state index in [9.17, 15) is 4.79 Å². The number of aromatic nitrogens is 4. The van der Waals surface area contributed by atoms with Crippen molar-refractivity contribution in [3.8, 4) is 0 Å². The van der Waals surface area contributed by atoms with Crippen molar-refractivity contribution in [2.24, 2.45) is 0 Å². The Kier molecular flexibility index (Phi) is 3.81. The molecule has 0 aliphatic heterocycles. The summed E-state index contributed by atoms with van der Waals surface area (Å²) in [6.45, 7) is 1.79. The van der Waals surface area contributed by atoms with Crippen molar-refractivity contribution in [1.29, 1.82) is 0 Å². The third kappa shape index (κ3) is 3.33. The minimum atomic E-state index is -0.223. The number of hydrogen-bond donors (Lipinski definition) is 1. The van der Waals surface area contributed by atoms with Gasteiger partial charge in [-0.15, -0.1) is 10.2 Å². The van der Waals surface area contributed by atoms with E-state index < -0.39 is 0 Å². The summed E-state index contributed by atoms with van der Waals surface area (Å²) in [4.78, 5) is 16.4. The molecular formula is C16H15N5O2S. The van der Waals surface area contributed by atoms with E-state index in [2.05, 4.69) is 25.7 Å². The molecule has 1 amide bonds. The number of anilines is 1. The molecule has 8 heteroatoms. The van der Waals surface area contributed by atoms with Gasteiger partial charge in [-0.2, -0.15) is 4.98 Å². The Labute approximate surface area is 142 Å². The van der Waals surface area contributed by atoms with Gasteiger partial charge in [0.05, 0.1) is 6.42 Å². The number of hydrogen-bond acceptors (Lipinski definition) is 7. The first kappa shape index (κ1) is 14.9. The number of nitrogens with one attached hydrogen (secondary N) is 1. The average Bonchev–Trinajstić information content (AvgIpc) is 3.16. The maximum atomic E-state index is 12.2. The zero-order valence-electron chi connectivity index (χ0n) is 13.0. The van der Waals surface area contributed by atoms with E-state index in [1.54, 1.807) is 6.92 Å². The molecule has 0 saturated heterocycles. The summed E-state index contributed by atoms with van der Waals surface area (Å²) in [6.07, 6.45) is 2.87. The first-order valence-corrected chi connectivity index (χ1v) is 8.52. The molecule has 3 aromatic rings. The predicted molar refractivity (Wildman–Crippen MR) is 88.1 cm³/mol. The number of carbonyl (C=O) groups is 1. The number of nitrogens with zero attached hydrogens (tertiary/aromatic N) is 4. The predicted octanol–water partition coefficient (Wildman–Crippen LogP) is 2.95. The molecule has 1 fully saturated rings. The molecule has 1 saturated carbocycles. The molecule has 1 aliphatic rings. The summed E-state index contributed by atoms with van der Waals surface area (Å²) in [5.41, 5.74) is 1.75. The number of rotatable bonds is 5. The molecule has 2 aromatic heterocycles.